The molecule has 0 unspecified atom stereocenters. The van der Waals surface area contributed by atoms with E-state index in [0.717, 1.165) is 45.9 Å². The van der Waals surface area contributed by atoms with Crippen molar-refractivity contribution >= 4 is 56.3 Å². The lowest BCUT2D eigenvalue weighted by molar-refractivity contribution is -0.117. The molecule has 2 aromatic heterocycles. The van der Waals surface area contributed by atoms with Crippen LogP contribution in [0, 0.1) is 5.92 Å². The van der Waals surface area contributed by atoms with E-state index in [1.807, 2.05) is 60.0 Å². The van der Waals surface area contributed by atoms with Gasteiger partial charge < -0.3 is 20.7 Å². The molecule has 3 N–H and O–H groups in total. The van der Waals surface area contributed by atoms with Crippen molar-refractivity contribution in [2.75, 3.05) is 23.1 Å². The second kappa shape index (κ2) is 8.23. The van der Waals surface area contributed by atoms with Crippen LogP contribution in [0.3, 0.4) is 0 Å². The Morgan fingerprint density at radius 1 is 1.00 bits per heavy atom. The van der Waals surface area contributed by atoms with Crippen LogP contribution < -0.4 is 20.7 Å². The molecule has 0 saturated heterocycles. The van der Waals surface area contributed by atoms with Gasteiger partial charge in [0.15, 0.2) is 5.82 Å². The molecule has 5 rings (SSSR count). The van der Waals surface area contributed by atoms with Gasteiger partial charge in [0, 0.05) is 29.0 Å². The molecule has 2 heterocycles. The average molecular weight is 432 g/mol. The van der Waals surface area contributed by atoms with Crippen molar-refractivity contribution < 1.29 is 9.53 Å². The minimum atomic E-state index is 0.0814. The molecule has 31 heavy (non-hydrogen) atoms. The van der Waals surface area contributed by atoms with Crippen LogP contribution in [0.25, 0.3) is 10.2 Å². The summed E-state index contributed by atoms with van der Waals surface area (Å²) in [6, 6.07) is 17.2. The first kappa shape index (κ1) is 19.3. The number of carbonyl (C=O) groups excluding carboxylic acids is 1. The predicted molar refractivity (Wildman–Crippen MR) is 125 cm³/mol. The number of ether oxygens (including phenoxy) is 1. The Hall–Kier alpha value is -3.65. The third-order valence-electron chi connectivity index (χ3n) is 4.97. The minimum Gasteiger partial charge on any atom is -0.497 e. The Morgan fingerprint density at radius 3 is 2.58 bits per heavy atom. The Balaban J connectivity index is 1.41. The first-order chi connectivity index (χ1) is 15.2. The Morgan fingerprint density at radius 2 is 1.77 bits per heavy atom. The molecule has 4 aromatic rings. The number of carbonyl (C=O) groups is 1. The standard InChI is InChI=1S/C23H21N5O2S/c1-30-18-7-3-6-17(13-18)24-21-20-19(10-11-31-20)27-23(28-21)26-16-5-2-4-15(12-16)25-22(29)14-8-9-14/h2-7,10-14H,8-9H2,1H3,(H,25,29)(H2,24,26,27,28). The highest BCUT2D eigenvalue weighted by Crippen LogP contribution is 2.32. The molecule has 0 spiro atoms. The summed E-state index contributed by atoms with van der Waals surface area (Å²) in [5.74, 6) is 2.20. The third kappa shape index (κ3) is 4.44. The van der Waals surface area contributed by atoms with Crippen LogP contribution in [0.1, 0.15) is 12.8 Å². The van der Waals surface area contributed by atoms with Gasteiger partial charge >= 0.3 is 0 Å². The quantitative estimate of drug-likeness (QED) is 0.356. The molecule has 1 aliphatic carbocycles. The maximum absolute atomic E-state index is 12.1. The molecular weight excluding hydrogens is 410 g/mol. The highest BCUT2D eigenvalue weighted by atomic mass is 32.1. The summed E-state index contributed by atoms with van der Waals surface area (Å²) in [5, 5.41) is 11.6. The number of nitrogens with zero attached hydrogens (tertiary/aromatic N) is 2. The maximum Gasteiger partial charge on any atom is 0.229 e. The van der Waals surface area contributed by atoms with E-state index in [4.69, 9.17) is 9.72 Å². The summed E-state index contributed by atoms with van der Waals surface area (Å²) in [4.78, 5) is 21.4. The van der Waals surface area contributed by atoms with Crippen molar-refractivity contribution in [2.24, 2.45) is 5.92 Å². The fraction of sp³-hybridized carbons (Fsp3) is 0.174. The number of amides is 1. The van der Waals surface area contributed by atoms with E-state index in [2.05, 4.69) is 20.9 Å². The summed E-state index contributed by atoms with van der Waals surface area (Å²) in [6.07, 6.45) is 1.95. The predicted octanol–water partition coefficient (Wildman–Crippen LogP) is 5.54. The van der Waals surface area contributed by atoms with Crippen LogP contribution in [-0.2, 0) is 4.79 Å². The molecule has 1 saturated carbocycles. The van der Waals surface area contributed by atoms with Gasteiger partial charge in [0.1, 0.15) is 5.75 Å². The monoisotopic (exact) mass is 431 g/mol. The van der Waals surface area contributed by atoms with E-state index >= 15 is 0 Å². The molecule has 8 heteroatoms. The van der Waals surface area contributed by atoms with Gasteiger partial charge in [-0.3, -0.25) is 4.79 Å². The summed E-state index contributed by atoms with van der Waals surface area (Å²) < 4.78 is 6.28. The second-order valence-corrected chi connectivity index (χ2v) is 8.27. The normalized spacial score (nSPS) is 13.1. The van der Waals surface area contributed by atoms with E-state index in [0.29, 0.717) is 11.8 Å². The number of thiophene rings is 1. The molecule has 0 bridgehead atoms. The first-order valence-corrected chi connectivity index (χ1v) is 10.9. The van der Waals surface area contributed by atoms with Gasteiger partial charge in [-0.25, -0.2) is 4.98 Å². The van der Waals surface area contributed by atoms with Crippen LogP contribution >= 0.6 is 11.3 Å². The number of hydrogen-bond acceptors (Lipinski definition) is 7. The lowest BCUT2D eigenvalue weighted by atomic mass is 10.2. The molecule has 156 valence electrons. The van der Waals surface area contributed by atoms with Crippen molar-refractivity contribution in [1.82, 2.24) is 9.97 Å². The highest BCUT2D eigenvalue weighted by Gasteiger charge is 2.29. The van der Waals surface area contributed by atoms with Crippen LogP contribution in [0.2, 0.25) is 0 Å². The number of fused-ring (bicyclic) bond motifs is 1. The summed E-state index contributed by atoms with van der Waals surface area (Å²) in [5.41, 5.74) is 3.29. The number of rotatable bonds is 7. The molecule has 7 nitrogen and oxygen atoms in total. The Bertz CT molecular complexity index is 1250. The van der Waals surface area contributed by atoms with Gasteiger partial charge in [-0.1, -0.05) is 12.1 Å². The second-order valence-electron chi connectivity index (χ2n) is 7.36. The molecule has 0 aliphatic heterocycles. The van der Waals surface area contributed by atoms with Gasteiger partial charge in [0.2, 0.25) is 11.9 Å². The highest BCUT2D eigenvalue weighted by molar-refractivity contribution is 7.17. The van der Waals surface area contributed by atoms with Crippen LogP contribution in [-0.4, -0.2) is 23.0 Å². The lowest BCUT2D eigenvalue weighted by Gasteiger charge is -2.12. The van der Waals surface area contributed by atoms with Gasteiger partial charge in [-0.2, -0.15) is 4.98 Å². The fourth-order valence-corrected chi connectivity index (χ4v) is 4.01. The van der Waals surface area contributed by atoms with Gasteiger partial charge in [-0.05, 0) is 54.6 Å². The van der Waals surface area contributed by atoms with E-state index < -0.39 is 0 Å². The zero-order valence-electron chi connectivity index (χ0n) is 16.9. The summed E-state index contributed by atoms with van der Waals surface area (Å²) in [6.45, 7) is 0. The number of hydrogen-bond donors (Lipinski definition) is 3. The van der Waals surface area contributed by atoms with Crippen molar-refractivity contribution in [2.45, 2.75) is 12.8 Å². The average Bonchev–Trinajstić information content (AvgIpc) is 3.52. The molecule has 0 atom stereocenters. The van der Waals surface area contributed by atoms with Crippen molar-refractivity contribution in [1.29, 1.82) is 0 Å². The topological polar surface area (TPSA) is 88.2 Å². The van der Waals surface area contributed by atoms with Gasteiger partial charge in [0.05, 0.1) is 17.3 Å². The largest absolute Gasteiger partial charge is 0.497 e. The van der Waals surface area contributed by atoms with E-state index in [1.165, 1.54) is 0 Å². The molecule has 2 aromatic carbocycles. The van der Waals surface area contributed by atoms with E-state index in [9.17, 15) is 4.79 Å². The van der Waals surface area contributed by atoms with Crippen molar-refractivity contribution in [3.05, 3.63) is 60.0 Å². The van der Waals surface area contributed by atoms with Gasteiger partial charge in [0.25, 0.3) is 0 Å². The molecular formula is C23H21N5O2S. The maximum atomic E-state index is 12.1. The SMILES string of the molecule is COc1cccc(Nc2nc(Nc3cccc(NC(=O)C4CC4)c3)nc3ccsc23)c1. The minimum absolute atomic E-state index is 0.0814. The van der Waals surface area contributed by atoms with Crippen LogP contribution in [0.4, 0.5) is 28.8 Å². The number of methoxy groups -OCH3 is 1. The van der Waals surface area contributed by atoms with Crippen LogP contribution in [0.5, 0.6) is 5.75 Å². The number of anilines is 5. The smallest absolute Gasteiger partial charge is 0.229 e. The zero-order valence-corrected chi connectivity index (χ0v) is 17.7. The molecule has 0 radical (unpaired) electrons. The lowest BCUT2D eigenvalue weighted by Crippen LogP contribution is -2.13. The van der Waals surface area contributed by atoms with Crippen molar-refractivity contribution in [3.8, 4) is 5.75 Å². The number of nitrogens with one attached hydrogen (secondary N) is 3. The van der Waals surface area contributed by atoms with Crippen LogP contribution in [0.15, 0.2) is 60.0 Å². The molecule has 1 fully saturated rings. The Labute approximate surface area is 183 Å². The third-order valence-corrected chi connectivity index (χ3v) is 5.88. The van der Waals surface area contributed by atoms with E-state index in [1.54, 1.807) is 18.4 Å². The van der Waals surface area contributed by atoms with E-state index in [-0.39, 0.29) is 11.8 Å². The summed E-state index contributed by atoms with van der Waals surface area (Å²) >= 11 is 1.58. The summed E-state index contributed by atoms with van der Waals surface area (Å²) in [7, 11) is 1.64. The number of aromatic nitrogens is 2. The van der Waals surface area contributed by atoms with Crippen molar-refractivity contribution in [3.63, 3.8) is 0 Å². The molecule has 1 amide bonds. The Kier molecular flexibility index (Phi) is 5.13. The zero-order chi connectivity index (χ0) is 21.2. The van der Waals surface area contributed by atoms with Gasteiger partial charge in [-0.15, -0.1) is 11.3 Å². The number of benzene rings is 2. The molecule has 1 aliphatic rings. The first-order valence-electron chi connectivity index (χ1n) is 10.0. The fourth-order valence-electron chi connectivity index (χ4n) is 3.24.